The summed E-state index contributed by atoms with van der Waals surface area (Å²) >= 11 is 0. The zero-order valence-corrected chi connectivity index (χ0v) is 11.3. The molecule has 2 heterocycles. The highest BCUT2D eigenvalue weighted by atomic mass is 15.3. The minimum Gasteiger partial charge on any atom is -0.330 e. The molecule has 18 heavy (non-hydrogen) atoms. The quantitative estimate of drug-likeness (QED) is 0.798. The molecule has 0 amide bonds. The predicted molar refractivity (Wildman–Crippen MR) is 72.4 cm³/mol. The van der Waals surface area contributed by atoms with E-state index in [9.17, 15) is 0 Å². The van der Waals surface area contributed by atoms with E-state index in [1.807, 2.05) is 12.4 Å². The summed E-state index contributed by atoms with van der Waals surface area (Å²) in [5, 5.41) is 0. The van der Waals surface area contributed by atoms with Gasteiger partial charge >= 0.3 is 0 Å². The molecule has 0 radical (unpaired) electrons. The lowest BCUT2D eigenvalue weighted by molar-refractivity contribution is 0.113. The first-order valence-corrected chi connectivity index (χ1v) is 6.57. The van der Waals surface area contributed by atoms with Crippen LogP contribution < -0.4 is 5.73 Å². The maximum atomic E-state index is 5.51. The summed E-state index contributed by atoms with van der Waals surface area (Å²) in [6.45, 7) is 4.00. The van der Waals surface area contributed by atoms with Crippen molar-refractivity contribution >= 4 is 0 Å². The maximum absolute atomic E-state index is 5.51. The van der Waals surface area contributed by atoms with Crippen LogP contribution in [0.4, 0.5) is 0 Å². The zero-order chi connectivity index (χ0) is 13.0. The van der Waals surface area contributed by atoms with E-state index in [1.54, 1.807) is 0 Å². The highest BCUT2D eigenvalue weighted by Crippen LogP contribution is 2.10. The molecule has 2 N–H and O–H groups in total. The topological polar surface area (TPSA) is 58.3 Å². The standard InChI is InChI=1S/C13H23N5/c1-17-5-6-18(2)12(10-17)7-13-15-8-11(3-4-14)9-16-13/h8-9,12H,3-7,10,14H2,1-2H3. The van der Waals surface area contributed by atoms with E-state index in [1.165, 1.54) is 0 Å². The van der Waals surface area contributed by atoms with Gasteiger partial charge in [-0.15, -0.1) is 0 Å². The zero-order valence-electron chi connectivity index (χ0n) is 11.3. The molecule has 0 bridgehead atoms. The summed E-state index contributed by atoms with van der Waals surface area (Å²) in [6, 6.07) is 0.518. The van der Waals surface area contributed by atoms with Crippen molar-refractivity contribution in [3.8, 4) is 0 Å². The highest BCUT2D eigenvalue weighted by molar-refractivity contribution is 5.06. The molecular weight excluding hydrogens is 226 g/mol. The summed E-state index contributed by atoms with van der Waals surface area (Å²) in [4.78, 5) is 13.6. The highest BCUT2D eigenvalue weighted by Gasteiger charge is 2.22. The van der Waals surface area contributed by atoms with E-state index >= 15 is 0 Å². The van der Waals surface area contributed by atoms with E-state index in [0.29, 0.717) is 12.6 Å². The van der Waals surface area contributed by atoms with Gasteiger partial charge in [-0.2, -0.15) is 0 Å². The van der Waals surface area contributed by atoms with Crippen molar-refractivity contribution in [1.82, 2.24) is 19.8 Å². The third-order valence-corrected chi connectivity index (χ3v) is 3.59. The van der Waals surface area contributed by atoms with E-state index in [4.69, 9.17) is 5.73 Å². The number of nitrogens with two attached hydrogens (primary N) is 1. The Balaban J connectivity index is 1.95. The fourth-order valence-electron chi connectivity index (χ4n) is 2.32. The molecule has 5 heteroatoms. The molecule has 1 aliphatic rings. The molecule has 2 rings (SSSR count). The molecular formula is C13H23N5. The Kier molecular flexibility index (Phi) is 4.63. The Morgan fingerprint density at radius 1 is 1.28 bits per heavy atom. The van der Waals surface area contributed by atoms with Crippen molar-refractivity contribution in [3.63, 3.8) is 0 Å². The molecule has 0 saturated carbocycles. The number of hydrogen-bond acceptors (Lipinski definition) is 5. The smallest absolute Gasteiger partial charge is 0.129 e. The van der Waals surface area contributed by atoms with Crippen LogP contribution in [0.15, 0.2) is 12.4 Å². The van der Waals surface area contributed by atoms with Crippen molar-refractivity contribution in [1.29, 1.82) is 0 Å². The van der Waals surface area contributed by atoms with E-state index in [-0.39, 0.29) is 0 Å². The van der Waals surface area contributed by atoms with Crippen molar-refractivity contribution in [2.75, 3.05) is 40.3 Å². The van der Waals surface area contributed by atoms with Crippen LogP contribution in [0.5, 0.6) is 0 Å². The lowest BCUT2D eigenvalue weighted by Gasteiger charge is -2.37. The van der Waals surface area contributed by atoms with Crippen LogP contribution in [0.2, 0.25) is 0 Å². The second-order valence-corrected chi connectivity index (χ2v) is 5.15. The van der Waals surface area contributed by atoms with Crippen LogP contribution in [0.1, 0.15) is 11.4 Å². The first-order valence-electron chi connectivity index (χ1n) is 6.57. The van der Waals surface area contributed by atoms with Gasteiger partial charge in [-0.05, 0) is 32.6 Å². The van der Waals surface area contributed by atoms with Gasteiger partial charge in [0.2, 0.25) is 0 Å². The molecule has 1 aliphatic heterocycles. The normalized spacial score (nSPS) is 22.3. The average Bonchev–Trinajstić information content (AvgIpc) is 2.37. The number of rotatable bonds is 4. The lowest BCUT2D eigenvalue weighted by Crippen LogP contribution is -2.50. The minimum atomic E-state index is 0.518. The Morgan fingerprint density at radius 3 is 2.67 bits per heavy atom. The molecule has 1 aromatic rings. The lowest BCUT2D eigenvalue weighted by atomic mass is 10.1. The summed E-state index contributed by atoms with van der Waals surface area (Å²) < 4.78 is 0. The largest absolute Gasteiger partial charge is 0.330 e. The molecule has 1 fully saturated rings. The molecule has 5 nitrogen and oxygen atoms in total. The summed E-state index contributed by atoms with van der Waals surface area (Å²) in [7, 11) is 4.35. The van der Waals surface area contributed by atoms with Gasteiger partial charge in [-0.3, -0.25) is 0 Å². The predicted octanol–water partition coefficient (Wildman–Crippen LogP) is -0.234. The van der Waals surface area contributed by atoms with Gasteiger partial charge in [-0.25, -0.2) is 9.97 Å². The van der Waals surface area contributed by atoms with E-state index in [0.717, 1.165) is 43.9 Å². The molecule has 0 aliphatic carbocycles. The molecule has 1 aromatic heterocycles. The Bertz CT molecular complexity index is 364. The molecule has 100 valence electrons. The number of piperazine rings is 1. The molecule has 1 atom stereocenters. The Morgan fingerprint density at radius 2 is 2.00 bits per heavy atom. The van der Waals surface area contributed by atoms with Gasteiger partial charge in [0.25, 0.3) is 0 Å². The van der Waals surface area contributed by atoms with Gasteiger partial charge in [0.15, 0.2) is 0 Å². The van der Waals surface area contributed by atoms with Gasteiger partial charge < -0.3 is 15.5 Å². The van der Waals surface area contributed by atoms with Gasteiger partial charge in [0.1, 0.15) is 5.82 Å². The maximum Gasteiger partial charge on any atom is 0.129 e. The van der Waals surface area contributed by atoms with Crippen LogP contribution in [0, 0.1) is 0 Å². The number of aromatic nitrogens is 2. The van der Waals surface area contributed by atoms with Gasteiger partial charge in [0, 0.05) is 44.5 Å². The average molecular weight is 249 g/mol. The van der Waals surface area contributed by atoms with Crippen LogP contribution in [0.25, 0.3) is 0 Å². The van der Waals surface area contributed by atoms with Crippen LogP contribution in [-0.2, 0) is 12.8 Å². The van der Waals surface area contributed by atoms with Crippen LogP contribution in [0.3, 0.4) is 0 Å². The molecule has 1 saturated heterocycles. The Hall–Kier alpha value is -1.04. The summed E-state index contributed by atoms with van der Waals surface area (Å²) in [6.07, 6.45) is 5.58. The molecule has 0 spiro atoms. The Labute approximate surface area is 109 Å². The number of hydrogen-bond donors (Lipinski definition) is 1. The van der Waals surface area contributed by atoms with Crippen LogP contribution in [-0.4, -0.2) is 66.1 Å². The molecule has 1 unspecified atom stereocenters. The summed E-state index contributed by atoms with van der Waals surface area (Å²) in [5.74, 6) is 0.933. The first kappa shape index (κ1) is 13.4. The first-order chi connectivity index (χ1) is 8.69. The second kappa shape index (κ2) is 6.22. The van der Waals surface area contributed by atoms with Crippen molar-refractivity contribution in [2.45, 2.75) is 18.9 Å². The van der Waals surface area contributed by atoms with Gasteiger partial charge in [0.05, 0.1) is 0 Å². The van der Waals surface area contributed by atoms with Crippen molar-refractivity contribution in [2.24, 2.45) is 5.73 Å². The van der Waals surface area contributed by atoms with E-state index in [2.05, 4.69) is 33.9 Å². The number of nitrogens with zero attached hydrogens (tertiary/aromatic N) is 4. The fourth-order valence-corrected chi connectivity index (χ4v) is 2.32. The third kappa shape index (κ3) is 3.48. The second-order valence-electron chi connectivity index (χ2n) is 5.15. The van der Waals surface area contributed by atoms with Crippen LogP contribution >= 0.6 is 0 Å². The third-order valence-electron chi connectivity index (χ3n) is 3.59. The SMILES string of the molecule is CN1CCN(C)C(Cc2ncc(CCN)cn2)C1. The number of likely N-dealkylation sites (N-methyl/N-ethyl adjacent to an activating group) is 2. The fraction of sp³-hybridized carbons (Fsp3) is 0.692. The van der Waals surface area contributed by atoms with Crippen molar-refractivity contribution < 1.29 is 0 Å². The van der Waals surface area contributed by atoms with E-state index < -0.39 is 0 Å². The molecule has 0 aromatic carbocycles. The van der Waals surface area contributed by atoms with Crippen molar-refractivity contribution in [3.05, 3.63) is 23.8 Å². The monoisotopic (exact) mass is 249 g/mol. The van der Waals surface area contributed by atoms with Gasteiger partial charge in [-0.1, -0.05) is 0 Å². The summed E-state index contributed by atoms with van der Waals surface area (Å²) in [5.41, 5.74) is 6.63. The minimum absolute atomic E-state index is 0.518.